The number of carbonyl (C=O) groups is 1. The lowest BCUT2D eigenvalue weighted by molar-refractivity contribution is -0.115. The second-order valence-electron chi connectivity index (χ2n) is 4.68. The van der Waals surface area contributed by atoms with E-state index in [-0.39, 0.29) is 5.91 Å². The molecular formula is C15H13N3OS2. The van der Waals surface area contributed by atoms with E-state index in [1.807, 2.05) is 54.9 Å². The number of hydrogen-bond donors (Lipinski definition) is 1. The van der Waals surface area contributed by atoms with Crippen LogP contribution in [0.2, 0.25) is 0 Å². The SMILES string of the molecule is Cc1nn(-c2ccccc2)c(C)c1/C=C1\SC(=S)NC1=O. The van der Waals surface area contributed by atoms with E-state index in [2.05, 4.69) is 10.4 Å². The first-order chi connectivity index (χ1) is 10.1. The zero-order valence-corrected chi connectivity index (χ0v) is 13.2. The third kappa shape index (κ3) is 2.64. The molecule has 1 aromatic carbocycles. The normalized spacial score (nSPS) is 16.6. The third-order valence-electron chi connectivity index (χ3n) is 3.27. The van der Waals surface area contributed by atoms with Crippen molar-refractivity contribution in [1.82, 2.24) is 15.1 Å². The van der Waals surface area contributed by atoms with Gasteiger partial charge in [0, 0.05) is 11.3 Å². The van der Waals surface area contributed by atoms with Crippen molar-refractivity contribution in [3.8, 4) is 5.69 Å². The minimum Gasteiger partial charge on any atom is -0.307 e. The Hall–Kier alpha value is -1.92. The summed E-state index contributed by atoms with van der Waals surface area (Å²) >= 11 is 6.29. The molecule has 1 saturated heterocycles. The summed E-state index contributed by atoms with van der Waals surface area (Å²) < 4.78 is 2.38. The van der Waals surface area contributed by atoms with Gasteiger partial charge in [0.25, 0.3) is 5.91 Å². The Morgan fingerprint density at radius 2 is 2.00 bits per heavy atom. The maximum absolute atomic E-state index is 11.8. The standard InChI is InChI=1S/C15H13N3OS2/c1-9-12(8-13-14(19)16-15(20)21-13)10(2)18(17-9)11-6-4-3-5-7-11/h3-8H,1-2H3,(H,16,19,20)/b13-8-. The zero-order valence-electron chi connectivity index (χ0n) is 11.6. The number of para-hydroxylation sites is 1. The van der Waals surface area contributed by atoms with E-state index in [0.717, 1.165) is 22.6 Å². The van der Waals surface area contributed by atoms with Crippen molar-refractivity contribution in [2.45, 2.75) is 13.8 Å². The number of amides is 1. The number of thiocarbonyl (C=S) groups is 1. The van der Waals surface area contributed by atoms with Crippen LogP contribution in [0, 0.1) is 13.8 Å². The molecule has 3 rings (SSSR count). The van der Waals surface area contributed by atoms with Gasteiger partial charge in [-0.05, 0) is 32.1 Å². The van der Waals surface area contributed by atoms with Crippen molar-refractivity contribution in [2.24, 2.45) is 0 Å². The first kappa shape index (κ1) is 14.0. The summed E-state index contributed by atoms with van der Waals surface area (Å²) in [5.74, 6) is -0.142. The maximum atomic E-state index is 11.8. The van der Waals surface area contributed by atoms with Crippen molar-refractivity contribution >= 4 is 40.3 Å². The third-order valence-corrected chi connectivity index (χ3v) is 4.43. The lowest BCUT2D eigenvalue weighted by atomic mass is 10.2. The van der Waals surface area contributed by atoms with Gasteiger partial charge in [-0.15, -0.1) is 0 Å². The van der Waals surface area contributed by atoms with Gasteiger partial charge < -0.3 is 5.32 Å². The molecule has 1 amide bonds. The Kier molecular flexibility index (Phi) is 3.65. The van der Waals surface area contributed by atoms with Crippen molar-refractivity contribution in [1.29, 1.82) is 0 Å². The Labute approximate surface area is 132 Å². The highest BCUT2D eigenvalue weighted by Crippen LogP contribution is 2.28. The van der Waals surface area contributed by atoms with Gasteiger partial charge in [0.15, 0.2) is 0 Å². The van der Waals surface area contributed by atoms with Gasteiger partial charge >= 0.3 is 0 Å². The molecule has 1 aliphatic heterocycles. The highest BCUT2D eigenvalue weighted by atomic mass is 32.2. The van der Waals surface area contributed by atoms with Crippen LogP contribution >= 0.6 is 24.0 Å². The number of rotatable bonds is 2. The second kappa shape index (κ2) is 5.46. The van der Waals surface area contributed by atoms with E-state index < -0.39 is 0 Å². The fraction of sp³-hybridized carbons (Fsp3) is 0.133. The molecule has 0 radical (unpaired) electrons. The van der Waals surface area contributed by atoms with Crippen LogP contribution in [0.25, 0.3) is 11.8 Å². The second-order valence-corrected chi connectivity index (χ2v) is 6.40. The number of benzene rings is 1. The highest BCUT2D eigenvalue weighted by molar-refractivity contribution is 8.26. The van der Waals surface area contributed by atoms with Crippen molar-refractivity contribution in [3.05, 3.63) is 52.2 Å². The molecule has 0 unspecified atom stereocenters. The molecule has 0 atom stereocenters. The number of aromatic nitrogens is 2. The van der Waals surface area contributed by atoms with E-state index in [0.29, 0.717) is 9.23 Å². The van der Waals surface area contributed by atoms with Gasteiger partial charge in [0.2, 0.25) is 0 Å². The summed E-state index contributed by atoms with van der Waals surface area (Å²) in [5.41, 5.74) is 3.84. The molecule has 0 bridgehead atoms. The van der Waals surface area contributed by atoms with Crippen LogP contribution in [-0.2, 0) is 4.79 Å². The molecular weight excluding hydrogens is 302 g/mol. The van der Waals surface area contributed by atoms with E-state index >= 15 is 0 Å². The zero-order chi connectivity index (χ0) is 15.0. The molecule has 1 aromatic heterocycles. The number of aryl methyl sites for hydroxylation is 1. The van der Waals surface area contributed by atoms with Crippen molar-refractivity contribution in [2.75, 3.05) is 0 Å². The van der Waals surface area contributed by atoms with Crippen molar-refractivity contribution < 1.29 is 4.79 Å². The van der Waals surface area contributed by atoms with Gasteiger partial charge in [-0.2, -0.15) is 5.10 Å². The number of thioether (sulfide) groups is 1. The van der Waals surface area contributed by atoms with Gasteiger partial charge in [-0.1, -0.05) is 42.2 Å². The first-order valence-corrected chi connectivity index (χ1v) is 7.65. The molecule has 0 saturated carbocycles. The molecule has 0 aliphatic carbocycles. The average Bonchev–Trinajstić information content (AvgIpc) is 2.93. The fourth-order valence-corrected chi connectivity index (χ4v) is 3.26. The number of carbonyl (C=O) groups excluding carboxylic acids is 1. The first-order valence-electron chi connectivity index (χ1n) is 6.43. The topological polar surface area (TPSA) is 46.9 Å². The molecule has 1 N–H and O–H groups in total. The van der Waals surface area contributed by atoms with Gasteiger partial charge in [0.05, 0.1) is 16.3 Å². The van der Waals surface area contributed by atoms with Crippen LogP contribution in [0.5, 0.6) is 0 Å². The number of nitrogens with zero attached hydrogens (tertiary/aromatic N) is 2. The number of hydrogen-bond acceptors (Lipinski definition) is 4. The van der Waals surface area contributed by atoms with Gasteiger partial charge in [-0.25, -0.2) is 4.68 Å². The van der Waals surface area contributed by atoms with E-state index in [1.165, 1.54) is 11.8 Å². The van der Waals surface area contributed by atoms with Crippen LogP contribution in [0.3, 0.4) is 0 Å². The summed E-state index contributed by atoms with van der Waals surface area (Å²) in [6, 6.07) is 9.93. The predicted molar refractivity (Wildman–Crippen MR) is 89.3 cm³/mol. The summed E-state index contributed by atoms with van der Waals surface area (Å²) in [6.07, 6.45) is 1.86. The van der Waals surface area contributed by atoms with E-state index in [4.69, 9.17) is 12.2 Å². The molecule has 1 aliphatic rings. The van der Waals surface area contributed by atoms with Gasteiger partial charge in [-0.3, -0.25) is 4.79 Å². The molecule has 2 aromatic rings. The smallest absolute Gasteiger partial charge is 0.263 e. The minimum atomic E-state index is -0.142. The molecule has 4 nitrogen and oxygen atoms in total. The Balaban J connectivity index is 2.06. The summed E-state index contributed by atoms with van der Waals surface area (Å²) in [4.78, 5) is 12.4. The molecule has 106 valence electrons. The highest BCUT2D eigenvalue weighted by Gasteiger charge is 2.23. The van der Waals surface area contributed by atoms with Crippen LogP contribution < -0.4 is 5.32 Å². The van der Waals surface area contributed by atoms with Crippen LogP contribution in [0.4, 0.5) is 0 Å². The van der Waals surface area contributed by atoms with Gasteiger partial charge in [0.1, 0.15) is 4.32 Å². The lowest BCUT2D eigenvalue weighted by Crippen LogP contribution is -2.17. The molecule has 6 heteroatoms. The van der Waals surface area contributed by atoms with E-state index in [9.17, 15) is 4.79 Å². The van der Waals surface area contributed by atoms with E-state index in [1.54, 1.807) is 0 Å². The van der Waals surface area contributed by atoms with Crippen LogP contribution in [0.1, 0.15) is 17.0 Å². The Bertz CT molecular complexity index is 763. The average molecular weight is 315 g/mol. The minimum absolute atomic E-state index is 0.142. The molecule has 0 spiro atoms. The predicted octanol–water partition coefficient (Wildman–Crippen LogP) is 2.98. The Morgan fingerprint density at radius 3 is 2.62 bits per heavy atom. The monoisotopic (exact) mass is 315 g/mol. The fourth-order valence-electron chi connectivity index (χ4n) is 2.24. The quantitative estimate of drug-likeness (QED) is 0.684. The maximum Gasteiger partial charge on any atom is 0.263 e. The summed E-state index contributed by atoms with van der Waals surface area (Å²) in [6.45, 7) is 3.93. The van der Waals surface area contributed by atoms with Crippen LogP contribution in [-0.4, -0.2) is 20.0 Å². The number of nitrogens with one attached hydrogen (secondary N) is 1. The van der Waals surface area contributed by atoms with Crippen LogP contribution in [0.15, 0.2) is 35.2 Å². The van der Waals surface area contributed by atoms with Crippen molar-refractivity contribution in [3.63, 3.8) is 0 Å². The Morgan fingerprint density at radius 1 is 1.29 bits per heavy atom. The molecule has 21 heavy (non-hydrogen) atoms. The summed E-state index contributed by atoms with van der Waals surface area (Å²) in [7, 11) is 0. The molecule has 1 fully saturated rings. The molecule has 2 heterocycles. The lowest BCUT2D eigenvalue weighted by Gasteiger charge is -2.03. The largest absolute Gasteiger partial charge is 0.307 e. The summed E-state index contributed by atoms with van der Waals surface area (Å²) in [5, 5.41) is 7.19.